The standard InChI is InChI=1S/C20H17N3O2S2/c24-19(21-12-14-5-3-9-26-14)13-23-17-7-2-1-6-15(17)22-16(11-20(23)25)18-8-4-10-27-18/h1-10H,11-13H2,(H,21,24). The molecule has 0 aliphatic carbocycles. The predicted molar refractivity (Wildman–Crippen MR) is 110 cm³/mol. The minimum absolute atomic E-state index is 0.0194. The number of hydrogen-bond acceptors (Lipinski definition) is 5. The van der Waals surface area contributed by atoms with Crippen LogP contribution in [0.15, 0.2) is 64.3 Å². The predicted octanol–water partition coefficient (Wildman–Crippen LogP) is 3.98. The van der Waals surface area contributed by atoms with E-state index in [-0.39, 0.29) is 24.8 Å². The van der Waals surface area contributed by atoms with E-state index < -0.39 is 0 Å². The summed E-state index contributed by atoms with van der Waals surface area (Å²) in [4.78, 5) is 33.7. The number of rotatable bonds is 5. The second-order valence-electron chi connectivity index (χ2n) is 6.04. The Morgan fingerprint density at radius 3 is 2.67 bits per heavy atom. The Balaban J connectivity index is 1.55. The molecule has 7 heteroatoms. The van der Waals surface area contributed by atoms with E-state index in [9.17, 15) is 9.59 Å². The van der Waals surface area contributed by atoms with Crippen LogP contribution in [0.4, 0.5) is 11.4 Å². The molecule has 0 fully saturated rings. The topological polar surface area (TPSA) is 61.8 Å². The number of carbonyl (C=O) groups excluding carboxylic acids is 2. The quantitative estimate of drug-likeness (QED) is 0.710. The van der Waals surface area contributed by atoms with Crippen LogP contribution < -0.4 is 10.2 Å². The number of aliphatic imine (C=N–C) groups is 1. The van der Waals surface area contributed by atoms with Gasteiger partial charge in [0.05, 0.1) is 30.1 Å². The summed E-state index contributed by atoms with van der Waals surface area (Å²) in [6, 6.07) is 15.3. The Morgan fingerprint density at radius 2 is 1.89 bits per heavy atom. The summed E-state index contributed by atoms with van der Waals surface area (Å²) in [5.41, 5.74) is 2.11. The van der Waals surface area contributed by atoms with Gasteiger partial charge in [-0.05, 0) is 35.0 Å². The van der Waals surface area contributed by atoms with Crippen LogP contribution >= 0.6 is 22.7 Å². The normalized spacial score (nSPS) is 13.7. The van der Waals surface area contributed by atoms with Crippen LogP contribution in [-0.4, -0.2) is 24.1 Å². The molecule has 0 spiro atoms. The van der Waals surface area contributed by atoms with Gasteiger partial charge in [-0.3, -0.25) is 9.59 Å². The van der Waals surface area contributed by atoms with Crippen molar-refractivity contribution in [2.75, 3.05) is 11.4 Å². The molecule has 1 N–H and O–H groups in total. The Kier molecular flexibility index (Phi) is 5.13. The van der Waals surface area contributed by atoms with Gasteiger partial charge in [0.1, 0.15) is 6.54 Å². The van der Waals surface area contributed by atoms with Gasteiger partial charge >= 0.3 is 0 Å². The molecule has 0 saturated heterocycles. The van der Waals surface area contributed by atoms with E-state index in [0.717, 1.165) is 15.5 Å². The minimum Gasteiger partial charge on any atom is -0.350 e. The molecule has 1 aliphatic rings. The van der Waals surface area contributed by atoms with Gasteiger partial charge in [0.2, 0.25) is 11.8 Å². The SMILES string of the molecule is O=C(CN1C(=O)CC(c2cccs2)=Nc2ccccc21)NCc1cccs1. The number of benzene rings is 1. The molecule has 2 amide bonds. The molecule has 1 aromatic carbocycles. The van der Waals surface area contributed by atoms with Crippen LogP contribution in [0.2, 0.25) is 0 Å². The number of anilines is 1. The van der Waals surface area contributed by atoms with Crippen molar-refractivity contribution in [3.05, 3.63) is 69.0 Å². The number of amides is 2. The van der Waals surface area contributed by atoms with E-state index in [1.165, 1.54) is 4.90 Å². The Hall–Kier alpha value is -2.77. The fourth-order valence-corrected chi connectivity index (χ4v) is 4.26. The van der Waals surface area contributed by atoms with Gasteiger partial charge < -0.3 is 10.2 Å². The number of nitrogens with one attached hydrogen (secondary N) is 1. The average Bonchev–Trinajstić information content (AvgIpc) is 3.36. The number of hydrogen-bond donors (Lipinski definition) is 1. The largest absolute Gasteiger partial charge is 0.350 e. The van der Waals surface area contributed by atoms with Crippen molar-refractivity contribution in [2.45, 2.75) is 13.0 Å². The van der Waals surface area contributed by atoms with E-state index in [0.29, 0.717) is 17.9 Å². The number of thiophene rings is 2. The van der Waals surface area contributed by atoms with Crippen molar-refractivity contribution < 1.29 is 9.59 Å². The third-order valence-corrected chi connectivity index (χ3v) is 5.99. The van der Waals surface area contributed by atoms with Crippen LogP contribution in [0.25, 0.3) is 0 Å². The number of fused-ring (bicyclic) bond motifs is 1. The lowest BCUT2D eigenvalue weighted by Crippen LogP contribution is -2.40. The van der Waals surface area contributed by atoms with Crippen molar-refractivity contribution >= 4 is 51.6 Å². The fraction of sp³-hybridized carbons (Fsp3) is 0.150. The maximum atomic E-state index is 12.9. The van der Waals surface area contributed by atoms with Gasteiger partial charge in [0.25, 0.3) is 0 Å². The third kappa shape index (κ3) is 3.99. The molecule has 5 nitrogen and oxygen atoms in total. The Morgan fingerprint density at radius 1 is 1.07 bits per heavy atom. The van der Waals surface area contributed by atoms with Gasteiger partial charge in [-0.15, -0.1) is 22.7 Å². The summed E-state index contributed by atoms with van der Waals surface area (Å²) in [6.07, 6.45) is 0.174. The van der Waals surface area contributed by atoms with Crippen molar-refractivity contribution in [1.82, 2.24) is 5.32 Å². The summed E-state index contributed by atoms with van der Waals surface area (Å²) >= 11 is 3.15. The van der Waals surface area contributed by atoms with E-state index in [1.807, 2.05) is 59.3 Å². The second-order valence-corrected chi connectivity index (χ2v) is 8.02. The molecule has 3 heterocycles. The first-order valence-electron chi connectivity index (χ1n) is 8.50. The van der Waals surface area contributed by atoms with Gasteiger partial charge in [0, 0.05) is 9.75 Å². The first kappa shape index (κ1) is 17.6. The van der Waals surface area contributed by atoms with Gasteiger partial charge in [-0.2, -0.15) is 0 Å². The Labute approximate surface area is 165 Å². The van der Waals surface area contributed by atoms with Crippen molar-refractivity contribution in [3.63, 3.8) is 0 Å². The molecule has 0 radical (unpaired) electrons. The fourth-order valence-electron chi connectivity index (χ4n) is 2.90. The molecule has 0 unspecified atom stereocenters. The van der Waals surface area contributed by atoms with E-state index >= 15 is 0 Å². The molecule has 0 saturated carbocycles. The number of nitrogens with zero attached hydrogens (tertiary/aromatic N) is 2. The summed E-state index contributed by atoms with van der Waals surface area (Å²) in [5.74, 6) is -0.315. The molecule has 1 aliphatic heterocycles. The van der Waals surface area contributed by atoms with Gasteiger partial charge in [0.15, 0.2) is 0 Å². The highest BCUT2D eigenvalue weighted by atomic mass is 32.1. The lowest BCUT2D eigenvalue weighted by molar-refractivity contribution is -0.123. The molecule has 27 heavy (non-hydrogen) atoms. The smallest absolute Gasteiger partial charge is 0.240 e. The molecule has 4 rings (SSSR count). The molecule has 3 aromatic rings. The summed E-state index contributed by atoms with van der Waals surface area (Å²) in [7, 11) is 0. The van der Waals surface area contributed by atoms with Crippen molar-refractivity contribution in [2.24, 2.45) is 4.99 Å². The van der Waals surface area contributed by atoms with E-state index in [2.05, 4.69) is 5.32 Å². The molecule has 0 bridgehead atoms. The highest BCUT2D eigenvalue weighted by Crippen LogP contribution is 2.33. The zero-order valence-corrected chi connectivity index (χ0v) is 16.1. The van der Waals surface area contributed by atoms with Crippen LogP contribution in [0.1, 0.15) is 16.2 Å². The highest BCUT2D eigenvalue weighted by Gasteiger charge is 2.26. The van der Waals surface area contributed by atoms with Crippen LogP contribution in [0, 0.1) is 0 Å². The molecule has 2 aromatic heterocycles. The Bertz CT molecular complexity index is 979. The van der Waals surface area contributed by atoms with Crippen LogP contribution in [0.5, 0.6) is 0 Å². The number of carbonyl (C=O) groups is 2. The van der Waals surface area contributed by atoms with Crippen LogP contribution in [0.3, 0.4) is 0 Å². The first-order valence-corrected chi connectivity index (χ1v) is 10.3. The molecule has 136 valence electrons. The highest BCUT2D eigenvalue weighted by molar-refractivity contribution is 7.12. The molecular weight excluding hydrogens is 378 g/mol. The number of para-hydroxylation sites is 2. The lowest BCUT2D eigenvalue weighted by atomic mass is 10.2. The van der Waals surface area contributed by atoms with Gasteiger partial charge in [-0.25, -0.2) is 4.99 Å². The monoisotopic (exact) mass is 395 g/mol. The van der Waals surface area contributed by atoms with Gasteiger partial charge in [-0.1, -0.05) is 24.3 Å². The van der Waals surface area contributed by atoms with E-state index in [4.69, 9.17) is 4.99 Å². The lowest BCUT2D eigenvalue weighted by Gasteiger charge is -2.21. The zero-order valence-electron chi connectivity index (χ0n) is 14.4. The average molecular weight is 396 g/mol. The minimum atomic E-state index is -0.189. The molecular formula is C20H17N3O2S2. The summed E-state index contributed by atoms with van der Waals surface area (Å²) in [5, 5.41) is 6.82. The maximum absolute atomic E-state index is 12.9. The molecule has 0 atom stereocenters. The van der Waals surface area contributed by atoms with E-state index in [1.54, 1.807) is 22.7 Å². The first-order chi connectivity index (χ1) is 13.2. The van der Waals surface area contributed by atoms with Crippen molar-refractivity contribution in [1.29, 1.82) is 0 Å². The van der Waals surface area contributed by atoms with Crippen molar-refractivity contribution in [3.8, 4) is 0 Å². The summed E-state index contributed by atoms with van der Waals surface area (Å²) < 4.78 is 0. The third-order valence-electron chi connectivity index (χ3n) is 4.19. The maximum Gasteiger partial charge on any atom is 0.240 e. The summed E-state index contributed by atoms with van der Waals surface area (Å²) in [6.45, 7) is 0.450. The second kappa shape index (κ2) is 7.85. The van der Waals surface area contributed by atoms with Crippen LogP contribution in [-0.2, 0) is 16.1 Å². The zero-order chi connectivity index (χ0) is 18.6.